The van der Waals surface area contributed by atoms with E-state index in [-0.39, 0.29) is 25.7 Å². The van der Waals surface area contributed by atoms with E-state index in [1.54, 1.807) is 6.92 Å². The van der Waals surface area contributed by atoms with Gasteiger partial charge in [0.05, 0.1) is 30.6 Å². The van der Waals surface area contributed by atoms with Gasteiger partial charge in [-0.05, 0) is 6.42 Å². The first-order valence-corrected chi connectivity index (χ1v) is 5.36. The molecule has 1 aromatic heterocycles. The van der Waals surface area contributed by atoms with Gasteiger partial charge < -0.3 is 21.3 Å². The molecule has 0 radical (unpaired) electrons. The third kappa shape index (κ3) is 3.43. The van der Waals surface area contributed by atoms with Gasteiger partial charge in [-0.15, -0.1) is 0 Å². The molecule has 0 spiro atoms. The molecule has 0 aliphatic heterocycles. The summed E-state index contributed by atoms with van der Waals surface area (Å²) in [5.74, 6) is -0.335. The van der Waals surface area contributed by atoms with Crippen molar-refractivity contribution < 1.29 is 15.0 Å². The second-order valence-corrected chi connectivity index (χ2v) is 3.97. The highest BCUT2D eigenvalue weighted by atomic mass is 16.3. The lowest BCUT2D eigenvalue weighted by atomic mass is 9.98. The second kappa shape index (κ2) is 5.65. The number of nitrogen functional groups attached to an aromatic ring is 1. The van der Waals surface area contributed by atoms with E-state index >= 15 is 0 Å². The molecule has 0 saturated heterocycles. The van der Waals surface area contributed by atoms with E-state index in [4.69, 9.17) is 5.73 Å². The molecule has 0 aliphatic carbocycles. The van der Waals surface area contributed by atoms with Gasteiger partial charge in [0, 0.05) is 6.20 Å². The number of rotatable bonds is 6. The lowest BCUT2D eigenvalue weighted by Crippen LogP contribution is -2.54. The molecule has 0 unspecified atom stereocenters. The Morgan fingerprint density at radius 3 is 2.65 bits per heavy atom. The molecule has 0 fully saturated rings. The molecule has 17 heavy (non-hydrogen) atoms. The predicted molar refractivity (Wildman–Crippen MR) is 62.0 cm³/mol. The van der Waals surface area contributed by atoms with Crippen molar-refractivity contribution in [3.8, 4) is 0 Å². The van der Waals surface area contributed by atoms with Crippen molar-refractivity contribution >= 4 is 11.6 Å². The van der Waals surface area contributed by atoms with Crippen LogP contribution in [0.4, 0.5) is 5.69 Å². The van der Waals surface area contributed by atoms with Crippen LogP contribution in [-0.4, -0.2) is 44.7 Å². The van der Waals surface area contributed by atoms with Crippen LogP contribution in [0.15, 0.2) is 12.4 Å². The van der Waals surface area contributed by atoms with E-state index in [9.17, 15) is 15.0 Å². The number of nitrogens with one attached hydrogen (secondary N) is 1. The lowest BCUT2D eigenvalue weighted by Gasteiger charge is -2.29. The maximum absolute atomic E-state index is 11.7. The van der Waals surface area contributed by atoms with Gasteiger partial charge in [0.2, 0.25) is 5.91 Å². The molecular formula is C10H18N4O3. The minimum atomic E-state index is -0.976. The van der Waals surface area contributed by atoms with Gasteiger partial charge in [0.25, 0.3) is 0 Å². The monoisotopic (exact) mass is 242 g/mol. The van der Waals surface area contributed by atoms with Gasteiger partial charge in [0.1, 0.15) is 6.54 Å². The highest BCUT2D eigenvalue weighted by Gasteiger charge is 2.28. The first-order chi connectivity index (χ1) is 8.05. The van der Waals surface area contributed by atoms with Crippen LogP contribution in [0, 0.1) is 0 Å². The largest absolute Gasteiger partial charge is 0.396 e. The maximum Gasteiger partial charge on any atom is 0.242 e. The molecule has 0 bridgehead atoms. The molecule has 1 aromatic rings. The number of hydrogen-bond acceptors (Lipinski definition) is 5. The van der Waals surface area contributed by atoms with Crippen LogP contribution < -0.4 is 11.1 Å². The Kier molecular flexibility index (Phi) is 4.47. The van der Waals surface area contributed by atoms with Gasteiger partial charge in [-0.2, -0.15) is 5.10 Å². The molecule has 0 saturated carbocycles. The Balaban J connectivity index is 2.59. The van der Waals surface area contributed by atoms with Crippen molar-refractivity contribution in [2.45, 2.75) is 25.4 Å². The summed E-state index contributed by atoms with van der Waals surface area (Å²) in [6.07, 6.45) is 3.41. The standard InChI is InChI=1S/C10H18N4O3/c1-2-10(6-15,7-16)13-9(17)5-14-4-8(11)3-12-14/h3-4,15-16H,2,5-7,11H2,1H3,(H,13,17). The molecule has 5 N–H and O–H groups in total. The zero-order valence-electron chi connectivity index (χ0n) is 9.76. The van der Waals surface area contributed by atoms with Gasteiger partial charge in [-0.25, -0.2) is 0 Å². The topological polar surface area (TPSA) is 113 Å². The number of aliphatic hydroxyl groups excluding tert-OH is 2. The summed E-state index contributed by atoms with van der Waals surface area (Å²) in [5.41, 5.74) is 4.96. The summed E-state index contributed by atoms with van der Waals surface area (Å²) in [4.78, 5) is 11.7. The van der Waals surface area contributed by atoms with E-state index in [0.29, 0.717) is 12.1 Å². The summed E-state index contributed by atoms with van der Waals surface area (Å²) in [5, 5.41) is 24.8. The molecule has 7 nitrogen and oxygen atoms in total. The molecule has 1 amide bonds. The maximum atomic E-state index is 11.7. The van der Waals surface area contributed by atoms with Crippen LogP contribution in [0.5, 0.6) is 0 Å². The third-order valence-corrected chi connectivity index (χ3v) is 2.65. The van der Waals surface area contributed by atoms with Crippen molar-refractivity contribution in [2.75, 3.05) is 18.9 Å². The fourth-order valence-electron chi connectivity index (χ4n) is 1.39. The Bertz CT molecular complexity index is 365. The highest BCUT2D eigenvalue weighted by Crippen LogP contribution is 2.08. The minimum absolute atomic E-state index is 0.00104. The Morgan fingerprint density at radius 2 is 2.24 bits per heavy atom. The number of carbonyl (C=O) groups is 1. The fraction of sp³-hybridized carbons (Fsp3) is 0.600. The van der Waals surface area contributed by atoms with Crippen molar-refractivity contribution in [3.63, 3.8) is 0 Å². The first kappa shape index (κ1) is 13.5. The summed E-state index contributed by atoms with van der Waals surface area (Å²) in [6.45, 7) is 1.15. The number of aliphatic hydroxyl groups is 2. The predicted octanol–water partition coefficient (Wildman–Crippen LogP) is -1.29. The van der Waals surface area contributed by atoms with E-state index in [0.717, 1.165) is 0 Å². The normalized spacial score (nSPS) is 11.5. The highest BCUT2D eigenvalue weighted by molar-refractivity contribution is 5.76. The molecule has 7 heteroatoms. The SMILES string of the molecule is CCC(CO)(CO)NC(=O)Cn1cc(N)cn1. The third-order valence-electron chi connectivity index (χ3n) is 2.65. The molecule has 0 aliphatic rings. The quantitative estimate of drug-likeness (QED) is 0.496. The molecule has 96 valence electrons. The average molecular weight is 242 g/mol. The van der Waals surface area contributed by atoms with Gasteiger partial charge in [0.15, 0.2) is 0 Å². The number of amides is 1. The van der Waals surface area contributed by atoms with Crippen molar-refractivity contribution in [1.82, 2.24) is 15.1 Å². The number of nitrogens with two attached hydrogens (primary N) is 1. The molecular weight excluding hydrogens is 224 g/mol. The number of aromatic nitrogens is 2. The van der Waals surface area contributed by atoms with E-state index in [2.05, 4.69) is 10.4 Å². The Hall–Kier alpha value is -1.60. The van der Waals surface area contributed by atoms with Gasteiger partial charge >= 0.3 is 0 Å². The zero-order valence-corrected chi connectivity index (χ0v) is 9.76. The van der Waals surface area contributed by atoms with Crippen LogP contribution in [-0.2, 0) is 11.3 Å². The average Bonchev–Trinajstić information content (AvgIpc) is 2.72. The molecule has 0 atom stereocenters. The second-order valence-electron chi connectivity index (χ2n) is 3.97. The Morgan fingerprint density at radius 1 is 1.59 bits per heavy atom. The molecule has 1 rings (SSSR count). The van der Waals surface area contributed by atoms with Crippen LogP contribution in [0.1, 0.15) is 13.3 Å². The summed E-state index contributed by atoms with van der Waals surface area (Å²) < 4.78 is 1.39. The van der Waals surface area contributed by atoms with Crippen LogP contribution in [0.3, 0.4) is 0 Å². The summed E-state index contributed by atoms with van der Waals surface area (Å²) >= 11 is 0. The van der Waals surface area contributed by atoms with Crippen LogP contribution in [0.2, 0.25) is 0 Å². The first-order valence-electron chi connectivity index (χ1n) is 5.36. The summed E-state index contributed by atoms with van der Waals surface area (Å²) in [6, 6.07) is 0. The lowest BCUT2D eigenvalue weighted by molar-refractivity contribution is -0.125. The molecule has 0 aromatic carbocycles. The molecule has 1 heterocycles. The number of anilines is 1. The van der Waals surface area contributed by atoms with Crippen LogP contribution >= 0.6 is 0 Å². The number of nitrogens with zero attached hydrogens (tertiary/aromatic N) is 2. The van der Waals surface area contributed by atoms with E-state index in [1.807, 2.05) is 0 Å². The smallest absolute Gasteiger partial charge is 0.242 e. The fourth-order valence-corrected chi connectivity index (χ4v) is 1.39. The zero-order chi connectivity index (χ0) is 12.9. The van der Waals surface area contributed by atoms with Crippen molar-refractivity contribution in [2.24, 2.45) is 0 Å². The van der Waals surface area contributed by atoms with Gasteiger partial charge in [-0.1, -0.05) is 6.92 Å². The van der Waals surface area contributed by atoms with Crippen molar-refractivity contribution in [3.05, 3.63) is 12.4 Å². The van der Waals surface area contributed by atoms with E-state index < -0.39 is 5.54 Å². The minimum Gasteiger partial charge on any atom is -0.396 e. The van der Waals surface area contributed by atoms with Gasteiger partial charge in [-0.3, -0.25) is 9.48 Å². The Labute approximate surface area is 99.2 Å². The van der Waals surface area contributed by atoms with Crippen molar-refractivity contribution in [1.29, 1.82) is 0 Å². The number of carbonyl (C=O) groups excluding carboxylic acids is 1. The summed E-state index contributed by atoms with van der Waals surface area (Å²) in [7, 11) is 0. The number of hydrogen-bond donors (Lipinski definition) is 4. The van der Waals surface area contributed by atoms with Crippen LogP contribution in [0.25, 0.3) is 0 Å². The van der Waals surface area contributed by atoms with E-state index in [1.165, 1.54) is 17.1 Å².